The molecule has 0 radical (unpaired) electrons. The van der Waals surface area contributed by atoms with Crippen LogP contribution in [0.2, 0.25) is 0 Å². The number of carbonyl (C=O) groups excluding carboxylic acids is 1. The lowest BCUT2D eigenvalue weighted by Gasteiger charge is -1.86. The molecule has 3 heteroatoms. The molecule has 3 nitrogen and oxygen atoms in total. The predicted molar refractivity (Wildman–Crippen MR) is 34.0 cm³/mol. The van der Waals surface area contributed by atoms with E-state index in [9.17, 15) is 4.79 Å². The van der Waals surface area contributed by atoms with Gasteiger partial charge in [-0.05, 0) is 6.42 Å². The van der Waals surface area contributed by atoms with Crippen molar-refractivity contribution < 1.29 is 10.0 Å². The fourth-order valence-electron chi connectivity index (χ4n) is 0.394. The zero-order valence-corrected chi connectivity index (χ0v) is 5.42. The molecule has 0 aromatic rings. The number of hydrogen-bond acceptors (Lipinski definition) is 2. The van der Waals surface area contributed by atoms with Gasteiger partial charge in [0.2, 0.25) is 0 Å². The Hall–Kier alpha value is -0.830. The lowest BCUT2D eigenvalue weighted by Crippen LogP contribution is -2.14. The van der Waals surface area contributed by atoms with E-state index in [1.165, 1.54) is 11.6 Å². The zero-order valence-electron chi connectivity index (χ0n) is 5.42. The van der Waals surface area contributed by atoms with E-state index in [0.29, 0.717) is 0 Å². The third-order valence-electron chi connectivity index (χ3n) is 0.835. The minimum absolute atomic E-state index is 0.469. The largest absolute Gasteiger partial charge is 0.288 e. The summed E-state index contributed by atoms with van der Waals surface area (Å²) in [4.78, 5) is 10.2. The third kappa shape index (κ3) is 5.03. The van der Waals surface area contributed by atoms with Crippen molar-refractivity contribution >= 4 is 5.91 Å². The molecule has 0 bridgehead atoms. The first-order chi connectivity index (χ1) is 4.31. The minimum atomic E-state index is -0.469. The summed E-state index contributed by atoms with van der Waals surface area (Å²) in [7, 11) is 0. The highest BCUT2D eigenvalue weighted by molar-refractivity contribution is 5.86. The second-order valence-corrected chi connectivity index (χ2v) is 1.67. The fraction of sp³-hybridized carbons (Fsp3) is 0.500. The minimum Gasteiger partial charge on any atom is -0.288 e. The molecule has 52 valence electrons. The Morgan fingerprint density at radius 1 is 1.78 bits per heavy atom. The van der Waals surface area contributed by atoms with Gasteiger partial charge in [-0.25, -0.2) is 5.48 Å². The monoisotopic (exact) mass is 129 g/mol. The van der Waals surface area contributed by atoms with Crippen LogP contribution >= 0.6 is 0 Å². The number of unbranched alkanes of at least 4 members (excludes halogenated alkanes) is 1. The fourth-order valence-corrected chi connectivity index (χ4v) is 0.394. The number of hydrogen-bond donors (Lipinski definition) is 2. The Labute approximate surface area is 54.3 Å². The van der Waals surface area contributed by atoms with Gasteiger partial charge in [-0.3, -0.25) is 10.0 Å². The lowest BCUT2D eigenvalue weighted by molar-refractivity contribution is -0.124. The summed E-state index contributed by atoms with van der Waals surface area (Å²) in [6.45, 7) is 2.02. The van der Waals surface area contributed by atoms with E-state index in [2.05, 4.69) is 0 Å². The topological polar surface area (TPSA) is 49.3 Å². The van der Waals surface area contributed by atoms with Crippen LogP contribution in [0.1, 0.15) is 19.8 Å². The zero-order chi connectivity index (χ0) is 7.11. The lowest BCUT2D eigenvalue weighted by atomic mass is 10.3. The molecule has 0 heterocycles. The van der Waals surface area contributed by atoms with E-state index in [4.69, 9.17) is 5.21 Å². The highest BCUT2D eigenvalue weighted by Crippen LogP contribution is 1.86. The van der Waals surface area contributed by atoms with Crippen molar-refractivity contribution in [2.75, 3.05) is 0 Å². The van der Waals surface area contributed by atoms with Gasteiger partial charge in [0.05, 0.1) is 0 Å². The molecule has 2 N–H and O–H groups in total. The number of carbonyl (C=O) groups is 1. The van der Waals surface area contributed by atoms with Crippen molar-refractivity contribution in [3.8, 4) is 0 Å². The van der Waals surface area contributed by atoms with Crippen LogP contribution in [-0.4, -0.2) is 11.1 Å². The summed E-state index contributed by atoms with van der Waals surface area (Å²) in [6.07, 6.45) is 4.90. The average Bonchev–Trinajstić information content (AvgIpc) is 1.89. The van der Waals surface area contributed by atoms with Crippen LogP contribution in [-0.2, 0) is 4.79 Å². The van der Waals surface area contributed by atoms with E-state index >= 15 is 0 Å². The third-order valence-corrected chi connectivity index (χ3v) is 0.835. The Bertz CT molecular complexity index is 110. The van der Waals surface area contributed by atoms with Crippen molar-refractivity contribution in [3.05, 3.63) is 12.2 Å². The second kappa shape index (κ2) is 5.31. The summed E-state index contributed by atoms with van der Waals surface area (Å²) in [5.74, 6) is -0.469. The summed E-state index contributed by atoms with van der Waals surface area (Å²) >= 11 is 0. The first-order valence-electron chi connectivity index (χ1n) is 2.92. The van der Waals surface area contributed by atoms with E-state index in [1.807, 2.05) is 6.92 Å². The Kier molecular flexibility index (Phi) is 4.82. The maximum absolute atomic E-state index is 10.2. The quantitative estimate of drug-likeness (QED) is 0.337. The van der Waals surface area contributed by atoms with Crippen LogP contribution in [0.3, 0.4) is 0 Å². The van der Waals surface area contributed by atoms with E-state index < -0.39 is 5.91 Å². The molecule has 0 atom stereocenters. The number of amides is 1. The van der Waals surface area contributed by atoms with Gasteiger partial charge in [-0.15, -0.1) is 0 Å². The smallest absolute Gasteiger partial charge is 0.267 e. The van der Waals surface area contributed by atoms with E-state index in [1.54, 1.807) is 6.08 Å². The van der Waals surface area contributed by atoms with Gasteiger partial charge in [0.1, 0.15) is 0 Å². The molecule has 0 aromatic carbocycles. The van der Waals surface area contributed by atoms with Crippen molar-refractivity contribution in [2.45, 2.75) is 19.8 Å². The standard InChI is InChI=1S/C6H11NO2/c1-2-3-4-5-6(8)7-9/h4-5,9H,2-3H2,1H3,(H,7,8). The second-order valence-electron chi connectivity index (χ2n) is 1.67. The van der Waals surface area contributed by atoms with Crippen LogP contribution in [0.5, 0.6) is 0 Å². The van der Waals surface area contributed by atoms with Crippen molar-refractivity contribution in [1.82, 2.24) is 5.48 Å². The molecular weight excluding hydrogens is 118 g/mol. The average molecular weight is 129 g/mol. The molecule has 0 aliphatic carbocycles. The summed E-state index contributed by atoms with van der Waals surface area (Å²) in [5.41, 5.74) is 1.50. The number of allylic oxidation sites excluding steroid dienone is 1. The predicted octanol–water partition coefficient (Wildman–Crippen LogP) is 0.848. The molecule has 0 rings (SSSR count). The molecule has 0 saturated heterocycles. The van der Waals surface area contributed by atoms with E-state index in [0.717, 1.165) is 12.8 Å². The molecule has 0 saturated carbocycles. The van der Waals surface area contributed by atoms with Crippen LogP contribution in [0.15, 0.2) is 12.2 Å². The molecule has 1 amide bonds. The maximum Gasteiger partial charge on any atom is 0.267 e. The van der Waals surface area contributed by atoms with Crippen LogP contribution in [0.25, 0.3) is 0 Å². The van der Waals surface area contributed by atoms with Crippen molar-refractivity contribution in [2.24, 2.45) is 0 Å². The normalized spacial score (nSPS) is 10.0. The van der Waals surface area contributed by atoms with Crippen LogP contribution in [0, 0.1) is 0 Å². The molecule has 0 fully saturated rings. The number of hydroxylamine groups is 1. The van der Waals surface area contributed by atoms with Gasteiger partial charge in [0, 0.05) is 6.08 Å². The molecule has 0 spiro atoms. The van der Waals surface area contributed by atoms with Gasteiger partial charge in [-0.2, -0.15) is 0 Å². The van der Waals surface area contributed by atoms with Crippen LogP contribution in [0.4, 0.5) is 0 Å². The van der Waals surface area contributed by atoms with Gasteiger partial charge in [0.15, 0.2) is 0 Å². The maximum atomic E-state index is 10.2. The van der Waals surface area contributed by atoms with Crippen molar-refractivity contribution in [1.29, 1.82) is 0 Å². The summed E-state index contributed by atoms with van der Waals surface area (Å²) in [6, 6.07) is 0. The molecule has 0 aliphatic rings. The first kappa shape index (κ1) is 8.17. The van der Waals surface area contributed by atoms with Gasteiger partial charge < -0.3 is 0 Å². The van der Waals surface area contributed by atoms with Gasteiger partial charge >= 0.3 is 0 Å². The van der Waals surface area contributed by atoms with E-state index in [-0.39, 0.29) is 0 Å². The molecule has 0 aromatic heterocycles. The molecule has 0 unspecified atom stereocenters. The summed E-state index contributed by atoms with van der Waals surface area (Å²) < 4.78 is 0. The van der Waals surface area contributed by atoms with Crippen LogP contribution < -0.4 is 5.48 Å². The first-order valence-corrected chi connectivity index (χ1v) is 2.92. The highest BCUT2D eigenvalue weighted by atomic mass is 16.5. The highest BCUT2D eigenvalue weighted by Gasteiger charge is 1.85. The summed E-state index contributed by atoms with van der Waals surface area (Å²) in [5, 5.41) is 7.98. The molecule has 0 aliphatic heterocycles. The molecule has 9 heavy (non-hydrogen) atoms. The molecular formula is C6H11NO2. The Morgan fingerprint density at radius 2 is 2.44 bits per heavy atom. The Morgan fingerprint density at radius 3 is 2.89 bits per heavy atom. The van der Waals surface area contributed by atoms with Gasteiger partial charge in [0.25, 0.3) is 5.91 Å². The number of nitrogens with one attached hydrogen (secondary N) is 1. The number of rotatable bonds is 3. The SMILES string of the molecule is CCCC=CC(=O)NO. The Balaban J connectivity index is 3.32. The van der Waals surface area contributed by atoms with Crippen molar-refractivity contribution in [3.63, 3.8) is 0 Å². The van der Waals surface area contributed by atoms with Gasteiger partial charge in [-0.1, -0.05) is 19.4 Å².